The second-order valence-electron chi connectivity index (χ2n) is 7.41. The number of aliphatic imine (C=N–C) groups is 1. The number of hydrogen-bond donors (Lipinski definition) is 3. The standard InChI is InChI=1S/C21H35N5O.HI/c1-17(26(3)16-18-8-5-4-6-9-18)13-15-24-21(22-2)23-14-7-10-20(27)25-19-11-12-19;/h4-6,8-9,17,19H,7,10-16H2,1-3H3,(H,25,27)(H2,22,23,24);1H. The molecule has 1 amide bonds. The van der Waals surface area contributed by atoms with Gasteiger partial charge in [-0.05, 0) is 45.2 Å². The molecule has 1 saturated carbocycles. The summed E-state index contributed by atoms with van der Waals surface area (Å²) in [4.78, 5) is 18.3. The normalized spacial score (nSPS) is 14.9. The van der Waals surface area contributed by atoms with Crippen molar-refractivity contribution >= 4 is 35.8 Å². The van der Waals surface area contributed by atoms with E-state index in [0.717, 1.165) is 51.3 Å². The average Bonchev–Trinajstić information content (AvgIpc) is 3.48. The van der Waals surface area contributed by atoms with E-state index in [2.05, 4.69) is 70.1 Å². The Balaban J connectivity index is 0.00000392. The lowest BCUT2D eigenvalue weighted by molar-refractivity contribution is -0.121. The summed E-state index contributed by atoms with van der Waals surface area (Å²) >= 11 is 0. The van der Waals surface area contributed by atoms with Crippen molar-refractivity contribution in [3.05, 3.63) is 35.9 Å². The Labute approximate surface area is 187 Å². The van der Waals surface area contributed by atoms with Gasteiger partial charge in [-0.25, -0.2) is 0 Å². The molecule has 1 unspecified atom stereocenters. The number of nitrogens with zero attached hydrogens (tertiary/aromatic N) is 2. The monoisotopic (exact) mass is 501 g/mol. The maximum atomic E-state index is 11.7. The summed E-state index contributed by atoms with van der Waals surface area (Å²) in [6.45, 7) is 4.82. The highest BCUT2D eigenvalue weighted by Gasteiger charge is 2.22. The Bertz CT molecular complexity index is 592. The van der Waals surface area contributed by atoms with Crippen molar-refractivity contribution in [2.45, 2.75) is 57.7 Å². The van der Waals surface area contributed by atoms with E-state index in [1.54, 1.807) is 7.05 Å². The van der Waals surface area contributed by atoms with Crippen LogP contribution in [0, 0.1) is 0 Å². The Morgan fingerprint density at radius 2 is 1.89 bits per heavy atom. The molecular formula is C21H36IN5O. The molecular weight excluding hydrogens is 465 g/mol. The largest absolute Gasteiger partial charge is 0.356 e. The highest BCUT2D eigenvalue weighted by atomic mass is 127. The molecule has 1 aliphatic rings. The van der Waals surface area contributed by atoms with Crippen LogP contribution in [0.4, 0.5) is 0 Å². The van der Waals surface area contributed by atoms with Crippen molar-refractivity contribution in [1.82, 2.24) is 20.9 Å². The summed E-state index contributed by atoms with van der Waals surface area (Å²) in [6, 6.07) is 11.5. The predicted molar refractivity (Wildman–Crippen MR) is 127 cm³/mol. The highest BCUT2D eigenvalue weighted by molar-refractivity contribution is 14.0. The molecule has 6 nitrogen and oxygen atoms in total. The molecule has 2 rings (SSSR count). The zero-order valence-electron chi connectivity index (χ0n) is 17.4. The minimum Gasteiger partial charge on any atom is -0.356 e. The molecule has 0 radical (unpaired) electrons. The minimum absolute atomic E-state index is 0. The Hall–Kier alpha value is -1.35. The molecule has 0 aliphatic heterocycles. The van der Waals surface area contributed by atoms with Crippen LogP contribution in [-0.4, -0.2) is 56.0 Å². The lowest BCUT2D eigenvalue weighted by Gasteiger charge is -2.25. The first-order chi connectivity index (χ1) is 13.1. The van der Waals surface area contributed by atoms with Gasteiger partial charge in [-0.15, -0.1) is 24.0 Å². The van der Waals surface area contributed by atoms with Crippen molar-refractivity contribution in [1.29, 1.82) is 0 Å². The summed E-state index contributed by atoms with van der Waals surface area (Å²) in [5.41, 5.74) is 1.34. The predicted octanol–water partition coefficient (Wildman–Crippen LogP) is 2.74. The van der Waals surface area contributed by atoms with Crippen molar-refractivity contribution in [2.24, 2.45) is 4.99 Å². The van der Waals surface area contributed by atoms with E-state index < -0.39 is 0 Å². The van der Waals surface area contributed by atoms with Crippen LogP contribution in [0.15, 0.2) is 35.3 Å². The first-order valence-corrected chi connectivity index (χ1v) is 10.1. The lowest BCUT2D eigenvalue weighted by Crippen LogP contribution is -2.40. The number of halogens is 1. The molecule has 0 saturated heterocycles. The van der Waals surface area contributed by atoms with Crippen molar-refractivity contribution in [3.8, 4) is 0 Å². The van der Waals surface area contributed by atoms with E-state index >= 15 is 0 Å². The highest BCUT2D eigenvalue weighted by Crippen LogP contribution is 2.18. The van der Waals surface area contributed by atoms with E-state index in [4.69, 9.17) is 0 Å². The zero-order chi connectivity index (χ0) is 19.5. The van der Waals surface area contributed by atoms with Gasteiger partial charge in [0.15, 0.2) is 5.96 Å². The van der Waals surface area contributed by atoms with Gasteiger partial charge >= 0.3 is 0 Å². The second kappa shape index (κ2) is 13.8. The summed E-state index contributed by atoms with van der Waals surface area (Å²) in [5, 5.41) is 9.66. The van der Waals surface area contributed by atoms with Gasteiger partial charge in [0.2, 0.25) is 5.91 Å². The quantitative estimate of drug-likeness (QED) is 0.189. The third-order valence-corrected chi connectivity index (χ3v) is 4.92. The minimum atomic E-state index is 0. The molecule has 158 valence electrons. The summed E-state index contributed by atoms with van der Waals surface area (Å²) < 4.78 is 0. The molecule has 0 bridgehead atoms. The lowest BCUT2D eigenvalue weighted by atomic mass is 10.1. The number of nitrogens with one attached hydrogen (secondary N) is 3. The van der Waals surface area contributed by atoms with Gasteiger partial charge in [-0.3, -0.25) is 14.7 Å². The number of guanidine groups is 1. The van der Waals surface area contributed by atoms with Crippen LogP contribution in [-0.2, 0) is 11.3 Å². The number of rotatable bonds is 11. The van der Waals surface area contributed by atoms with Crippen LogP contribution in [0.3, 0.4) is 0 Å². The number of amides is 1. The molecule has 1 aromatic carbocycles. The molecule has 1 atom stereocenters. The van der Waals surface area contributed by atoms with E-state index in [1.165, 1.54) is 5.56 Å². The van der Waals surface area contributed by atoms with Gasteiger partial charge in [0, 0.05) is 45.2 Å². The smallest absolute Gasteiger partial charge is 0.220 e. The van der Waals surface area contributed by atoms with Crippen molar-refractivity contribution in [2.75, 3.05) is 27.2 Å². The maximum absolute atomic E-state index is 11.7. The molecule has 1 aliphatic carbocycles. The van der Waals surface area contributed by atoms with Gasteiger partial charge in [0.25, 0.3) is 0 Å². The fraction of sp³-hybridized carbons (Fsp3) is 0.619. The van der Waals surface area contributed by atoms with Crippen LogP contribution in [0.5, 0.6) is 0 Å². The summed E-state index contributed by atoms with van der Waals surface area (Å²) in [7, 11) is 3.94. The molecule has 3 N–H and O–H groups in total. The fourth-order valence-electron chi connectivity index (χ4n) is 2.85. The Kier molecular flexibility index (Phi) is 12.1. The van der Waals surface area contributed by atoms with Crippen molar-refractivity contribution in [3.63, 3.8) is 0 Å². The van der Waals surface area contributed by atoms with Crippen LogP contribution >= 0.6 is 24.0 Å². The van der Waals surface area contributed by atoms with Gasteiger partial charge in [-0.1, -0.05) is 30.3 Å². The number of carbonyl (C=O) groups is 1. The first kappa shape index (κ1) is 24.7. The van der Waals surface area contributed by atoms with Crippen LogP contribution in [0.2, 0.25) is 0 Å². The third kappa shape index (κ3) is 10.3. The molecule has 28 heavy (non-hydrogen) atoms. The van der Waals surface area contributed by atoms with Crippen LogP contribution in [0.1, 0.15) is 44.6 Å². The summed E-state index contributed by atoms with van der Waals surface area (Å²) in [5.74, 6) is 0.966. The average molecular weight is 501 g/mol. The second-order valence-corrected chi connectivity index (χ2v) is 7.41. The molecule has 0 spiro atoms. The fourth-order valence-corrected chi connectivity index (χ4v) is 2.85. The molecule has 1 fully saturated rings. The van der Waals surface area contributed by atoms with Crippen LogP contribution < -0.4 is 16.0 Å². The Morgan fingerprint density at radius 3 is 2.54 bits per heavy atom. The molecule has 0 aromatic heterocycles. The first-order valence-electron chi connectivity index (χ1n) is 10.1. The molecule has 0 heterocycles. The zero-order valence-corrected chi connectivity index (χ0v) is 19.7. The van der Waals surface area contributed by atoms with Crippen LogP contribution in [0.25, 0.3) is 0 Å². The van der Waals surface area contributed by atoms with E-state index in [-0.39, 0.29) is 29.9 Å². The van der Waals surface area contributed by atoms with Gasteiger partial charge < -0.3 is 16.0 Å². The summed E-state index contributed by atoms with van der Waals surface area (Å²) in [6.07, 6.45) is 4.70. The SMILES string of the molecule is CN=C(NCCCC(=O)NC1CC1)NCCC(C)N(C)Cc1ccccc1.I. The third-order valence-electron chi connectivity index (χ3n) is 4.92. The Morgan fingerprint density at radius 1 is 1.21 bits per heavy atom. The van der Waals surface area contributed by atoms with Gasteiger partial charge in [-0.2, -0.15) is 0 Å². The van der Waals surface area contributed by atoms with E-state index in [9.17, 15) is 4.79 Å². The van der Waals surface area contributed by atoms with E-state index in [0.29, 0.717) is 18.5 Å². The van der Waals surface area contributed by atoms with Gasteiger partial charge in [0.1, 0.15) is 0 Å². The van der Waals surface area contributed by atoms with E-state index in [1.807, 2.05) is 0 Å². The molecule has 1 aromatic rings. The number of carbonyl (C=O) groups excluding carboxylic acids is 1. The number of hydrogen-bond acceptors (Lipinski definition) is 3. The number of benzene rings is 1. The van der Waals surface area contributed by atoms with Gasteiger partial charge in [0.05, 0.1) is 0 Å². The maximum Gasteiger partial charge on any atom is 0.220 e. The van der Waals surface area contributed by atoms with Crippen molar-refractivity contribution < 1.29 is 4.79 Å². The topological polar surface area (TPSA) is 68.8 Å². The molecule has 7 heteroatoms.